The van der Waals surface area contributed by atoms with Crippen molar-refractivity contribution in [2.45, 2.75) is 64.5 Å². The highest BCUT2D eigenvalue weighted by atomic mass is 35.5. The molecule has 2 heterocycles. The first-order chi connectivity index (χ1) is 19.6. The molecule has 1 N–H and O–H groups in total. The van der Waals surface area contributed by atoms with Gasteiger partial charge in [-0.2, -0.15) is 5.10 Å². The normalized spacial score (nSPS) is 19.9. The summed E-state index contributed by atoms with van der Waals surface area (Å²) in [7, 11) is 0. The van der Waals surface area contributed by atoms with E-state index in [1.165, 1.54) is 0 Å². The van der Waals surface area contributed by atoms with Crippen LogP contribution in [0.2, 0.25) is 5.02 Å². The lowest BCUT2D eigenvalue weighted by Gasteiger charge is -2.40. The number of aromatic nitrogens is 2. The fourth-order valence-electron chi connectivity index (χ4n) is 5.72. The third-order valence-corrected chi connectivity index (χ3v) is 8.20. The minimum absolute atomic E-state index is 0.0815. The highest BCUT2D eigenvalue weighted by Gasteiger charge is 2.39. The summed E-state index contributed by atoms with van der Waals surface area (Å²) in [5, 5.41) is 9.92. The molecule has 2 amide bonds. The Kier molecular flexibility index (Phi) is 8.13. The molecule has 0 unspecified atom stereocenters. The zero-order chi connectivity index (χ0) is 29.3. The molecule has 5 rings (SSSR count). The summed E-state index contributed by atoms with van der Waals surface area (Å²) in [6.07, 6.45) is 5.87. The van der Waals surface area contributed by atoms with Crippen LogP contribution >= 0.6 is 11.6 Å². The molecule has 0 spiro atoms. The van der Waals surface area contributed by atoms with E-state index in [2.05, 4.69) is 60.0 Å². The Morgan fingerprint density at radius 3 is 2.46 bits per heavy atom. The summed E-state index contributed by atoms with van der Waals surface area (Å²) in [5.41, 5.74) is 4.03. The van der Waals surface area contributed by atoms with E-state index in [9.17, 15) is 9.59 Å². The molecule has 3 aromatic rings. The number of nitrogens with zero attached hydrogens (tertiary/aromatic N) is 5. The van der Waals surface area contributed by atoms with E-state index >= 15 is 0 Å². The van der Waals surface area contributed by atoms with Crippen LogP contribution < -0.4 is 5.32 Å². The van der Waals surface area contributed by atoms with Gasteiger partial charge < -0.3 is 10.2 Å². The predicted octanol–water partition coefficient (Wildman–Crippen LogP) is 5.80. The number of likely N-dealkylation sites (tertiary alicyclic amines) is 1. The van der Waals surface area contributed by atoms with Crippen LogP contribution in [0.4, 0.5) is 0 Å². The van der Waals surface area contributed by atoms with Crippen molar-refractivity contribution in [2.24, 2.45) is 11.0 Å². The van der Waals surface area contributed by atoms with Crippen LogP contribution in [0, 0.1) is 5.92 Å². The minimum atomic E-state index is -0.295. The molecule has 1 saturated carbocycles. The van der Waals surface area contributed by atoms with E-state index < -0.39 is 0 Å². The first-order valence-corrected chi connectivity index (χ1v) is 14.5. The van der Waals surface area contributed by atoms with Crippen LogP contribution in [0.1, 0.15) is 68.8 Å². The summed E-state index contributed by atoms with van der Waals surface area (Å²) in [4.78, 5) is 37.9. The molecule has 2 atom stereocenters. The number of amides is 2. The molecule has 8 nitrogen and oxygen atoms in total. The Hall–Kier alpha value is -3.78. The third kappa shape index (κ3) is 6.12. The zero-order valence-corrected chi connectivity index (χ0v) is 24.9. The van der Waals surface area contributed by atoms with Crippen LogP contribution in [0.25, 0.3) is 11.0 Å². The molecular formula is C32H37ClN6O2. The maximum absolute atomic E-state index is 13.7. The third-order valence-electron chi connectivity index (χ3n) is 7.91. The molecule has 1 saturated heterocycles. The van der Waals surface area contributed by atoms with Crippen LogP contribution in [0.5, 0.6) is 0 Å². The van der Waals surface area contributed by atoms with Crippen molar-refractivity contribution < 1.29 is 9.59 Å². The summed E-state index contributed by atoms with van der Waals surface area (Å²) in [6.45, 7) is 12.9. The monoisotopic (exact) mass is 572 g/mol. The summed E-state index contributed by atoms with van der Waals surface area (Å²) >= 11 is 6.45. The molecule has 2 aromatic carbocycles. The molecule has 1 aromatic heterocycles. The van der Waals surface area contributed by atoms with Crippen molar-refractivity contribution in [3.63, 3.8) is 0 Å². The molecule has 2 fully saturated rings. The maximum atomic E-state index is 13.7. The molecular weight excluding hydrogens is 536 g/mol. The smallest absolute Gasteiger partial charge is 0.254 e. The van der Waals surface area contributed by atoms with Crippen molar-refractivity contribution in [2.75, 3.05) is 13.1 Å². The number of allylic oxidation sites excluding steroid dienone is 1. The molecule has 2 aliphatic rings. The van der Waals surface area contributed by atoms with Crippen molar-refractivity contribution >= 4 is 41.2 Å². The largest absolute Gasteiger partial charge is 0.349 e. The Balaban J connectivity index is 1.40. The standard InChI is InChI=1S/C32H37ClN6O2/c1-20(29(22-11-12-22)39(34-5)32(2,3)4)30(40)37-26-13-16-38(19-24(26)21-9-7-6-8-10-21)31(41)23-17-25(33)28-27(18-23)35-14-15-36-28/h6-10,14-15,17-18,22,24,26H,5,11-13,16,19H2,1-4H3,(H,37,40)/b29-20+/t24-,26-/m1/s1. The van der Waals surface area contributed by atoms with Gasteiger partial charge in [0.25, 0.3) is 5.91 Å². The fraction of sp³-hybridized carbons (Fsp3) is 0.406. The van der Waals surface area contributed by atoms with Gasteiger partial charge in [-0.15, -0.1) is 0 Å². The van der Waals surface area contributed by atoms with Gasteiger partial charge in [0.1, 0.15) is 5.52 Å². The van der Waals surface area contributed by atoms with Gasteiger partial charge in [-0.3, -0.25) is 24.6 Å². The number of rotatable bonds is 7. The number of hydrazone groups is 1. The summed E-state index contributed by atoms with van der Waals surface area (Å²) in [5.74, 6) is 0.0147. The topological polar surface area (TPSA) is 90.8 Å². The van der Waals surface area contributed by atoms with Crippen molar-refractivity contribution in [3.05, 3.63) is 82.3 Å². The molecule has 214 valence electrons. The molecule has 9 heteroatoms. The Bertz CT molecular complexity index is 1500. The number of fused-ring (bicyclic) bond motifs is 1. The second kappa shape index (κ2) is 11.6. The predicted molar refractivity (Wildman–Crippen MR) is 163 cm³/mol. The number of carbonyl (C=O) groups is 2. The summed E-state index contributed by atoms with van der Waals surface area (Å²) in [6, 6.07) is 13.3. The van der Waals surface area contributed by atoms with Crippen LogP contribution in [0.15, 0.2) is 71.2 Å². The van der Waals surface area contributed by atoms with Gasteiger partial charge in [0.05, 0.1) is 16.1 Å². The second-order valence-electron chi connectivity index (χ2n) is 11.9. The Morgan fingerprint density at radius 1 is 1.10 bits per heavy atom. The van der Waals surface area contributed by atoms with Crippen molar-refractivity contribution in [3.8, 4) is 0 Å². The summed E-state index contributed by atoms with van der Waals surface area (Å²) < 4.78 is 0. The highest BCUT2D eigenvalue weighted by Crippen LogP contribution is 2.42. The van der Waals surface area contributed by atoms with E-state index in [1.54, 1.807) is 24.5 Å². The van der Waals surface area contributed by atoms with Crippen LogP contribution in [-0.4, -0.2) is 63.1 Å². The fourth-order valence-corrected chi connectivity index (χ4v) is 5.99. The molecule has 0 radical (unpaired) electrons. The first-order valence-electron chi connectivity index (χ1n) is 14.1. The van der Waals surface area contributed by atoms with Gasteiger partial charge in [0, 0.05) is 66.9 Å². The minimum Gasteiger partial charge on any atom is -0.349 e. The van der Waals surface area contributed by atoms with Crippen molar-refractivity contribution in [1.82, 2.24) is 25.2 Å². The Morgan fingerprint density at radius 2 is 1.80 bits per heavy atom. The van der Waals surface area contributed by atoms with Gasteiger partial charge in [-0.25, -0.2) is 0 Å². The van der Waals surface area contributed by atoms with Crippen LogP contribution in [-0.2, 0) is 4.79 Å². The lowest BCUT2D eigenvalue weighted by Crippen LogP contribution is -2.51. The Labute approximate surface area is 246 Å². The maximum Gasteiger partial charge on any atom is 0.254 e. The van der Waals surface area contributed by atoms with Gasteiger partial charge in [-0.05, 0) is 64.7 Å². The molecule has 1 aliphatic carbocycles. The number of hydrogen-bond donors (Lipinski definition) is 1. The number of carbonyl (C=O) groups excluding carboxylic acids is 2. The number of benzene rings is 2. The van der Waals surface area contributed by atoms with Crippen LogP contribution in [0.3, 0.4) is 0 Å². The molecule has 1 aliphatic heterocycles. The van der Waals surface area contributed by atoms with Crippen molar-refractivity contribution in [1.29, 1.82) is 0 Å². The molecule has 41 heavy (non-hydrogen) atoms. The number of halogens is 1. The average molecular weight is 573 g/mol. The zero-order valence-electron chi connectivity index (χ0n) is 24.1. The van der Waals surface area contributed by atoms with Gasteiger partial charge in [-0.1, -0.05) is 41.9 Å². The lowest BCUT2D eigenvalue weighted by atomic mass is 9.85. The van der Waals surface area contributed by atoms with E-state index in [0.29, 0.717) is 52.6 Å². The quantitative estimate of drug-likeness (QED) is 0.220. The second-order valence-corrected chi connectivity index (χ2v) is 12.3. The van der Waals surface area contributed by atoms with Gasteiger partial charge in [0.15, 0.2) is 0 Å². The molecule has 0 bridgehead atoms. The average Bonchev–Trinajstić information content (AvgIpc) is 3.80. The highest BCUT2D eigenvalue weighted by molar-refractivity contribution is 6.35. The first kappa shape index (κ1) is 28.7. The SMILES string of the molecule is C=NN(/C(=C(\C)C(=O)N[C@@H]1CCN(C(=O)c2cc(Cl)c3nccnc3c2)C[C@@H]1c1ccccc1)C1CC1)C(C)(C)C. The number of nitrogens with one attached hydrogen (secondary N) is 1. The number of piperidine rings is 1. The number of hydrogen-bond acceptors (Lipinski definition) is 6. The lowest BCUT2D eigenvalue weighted by molar-refractivity contribution is -0.118. The van der Waals surface area contributed by atoms with Gasteiger partial charge >= 0.3 is 0 Å². The van der Waals surface area contributed by atoms with E-state index in [1.807, 2.05) is 35.0 Å². The van der Waals surface area contributed by atoms with E-state index in [0.717, 1.165) is 24.1 Å². The van der Waals surface area contributed by atoms with Gasteiger partial charge in [0.2, 0.25) is 5.91 Å². The van der Waals surface area contributed by atoms with E-state index in [-0.39, 0.29) is 29.3 Å². The van der Waals surface area contributed by atoms with E-state index in [4.69, 9.17) is 11.6 Å².